The second-order valence-electron chi connectivity index (χ2n) is 6.01. The van der Waals surface area contributed by atoms with Crippen LogP contribution in [0, 0.1) is 5.92 Å². The number of piperidine rings is 1. The van der Waals surface area contributed by atoms with E-state index in [1.807, 2.05) is 6.92 Å². The summed E-state index contributed by atoms with van der Waals surface area (Å²) in [5.41, 5.74) is -0.380. The van der Waals surface area contributed by atoms with E-state index >= 15 is 0 Å². The van der Waals surface area contributed by atoms with Crippen LogP contribution >= 0.6 is 0 Å². The van der Waals surface area contributed by atoms with Gasteiger partial charge in [0.15, 0.2) is 5.82 Å². The fourth-order valence-electron chi connectivity index (χ4n) is 2.72. The Labute approximate surface area is 127 Å². The molecule has 1 fully saturated rings. The van der Waals surface area contributed by atoms with E-state index in [4.69, 9.17) is 4.74 Å². The normalized spacial score (nSPS) is 19.7. The van der Waals surface area contributed by atoms with Crippen LogP contribution in [0.25, 0.3) is 0 Å². The molecule has 1 atom stereocenters. The van der Waals surface area contributed by atoms with Gasteiger partial charge in [-0.15, -0.1) is 5.10 Å². The molecule has 120 valence electrons. The van der Waals surface area contributed by atoms with Gasteiger partial charge in [0.25, 0.3) is 0 Å². The van der Waals surface area contributed by atoms with Gasteiger partial charge in [-0.25, -0.2) is 0 Å². The van der Waals surface area contributed by atoms with Crippen molar-refractivity contribution in [3.8, 4) is 0 Å². The van der Waals surface area contributed by atoms with Crippen LogP contribution in [0.2, 0.25) is 0 Å². The number of nitrogens with zero attached hydrogens (tertiary/aromatic N) is 3. The molecule has 1 unspecified atom stereocenters. The van der Waals surface area contributed by atoms with Gasteiger partial charge in [-0.05, 0) is 45.2 Å². The van der Waals surface area contributed by atoms with E-state index in [0.29, 0.717) is 0 Å². The molecule has 6 nitrogen and oxygen atoms in total. The minimum Gasteiger partial charge on any atom is -0.371 e. The summed E-state index contributed by atoms with van der Waals surface area (Å²) >= 11 is 0. The summed E-state index contributed by atoms with van der Waals surface area (Å²) in [6, 6.07) is 0. The summed E-state index contributed by atoms with van der Waals surface area (Å²) in [5.74, 6) is 2.40. The number of hydrogen-bond donors (Lipinski definition) is 2. The lowest BCUT2D eigenvalue weighted by Gasteiger charge is -2.31. The second kappa shape index (κ2) is 7.22. The summed E-state index contributed by atoms with van der Waals surface area (Å²) in [6.07, 6.45) is 3.27. The van der Waals surface area contributed by atoms with Crippen LogP contribution in [0.15, 0.2) is 0 Å². The van der Waals surface area contributed by atoms with Crippen molar-refractivity contribution >= 4 is 5.95 Å². The Bertz CT molecular complexity index is 421. The van der Waals surface area contributed by atoms with Crippen molar-refractivity contribution < 1.29 is 4.74 Å². The zero-order chi connectivity index (χ0) is 15.3. The number of nitrogens with one attached hydrogen (secondary N) is 2. The second-order valence-corrected chi connectivity index (χ2v) is 6.01. The third-order valence-electron chi connectivity index (χ3n) is 4.68. The number of anilines is 1. The molecule has 0 spiro atoms. The Morgan fingerprint density at radius 3 is 2.67 bits per heavy atom. The molecule has 0 aliphatic carbocycles. The number of hydrogen-bond acceptors (Lipinski definition) is 5. The van der Waals surface area contributed by atoms with E-state index in [9.17, 15) is 0 Å². The summed E-state index contributed by atoms with van der Waals surface area (Å²) in [7, 11) is 1.72. The lowest BCUT2D eigenvalue weighted by molar-refractivity contribution is -0.00865. The number of H-pyrrole nitrogens is 1. The molecule has 0 saturated carbocycles. The lowest BCUT2D eigenvalue weighted by atomic mass is 9.97. The summed E-state index contributed by atoms with van der Waals surface area (Å²) in [6.45, 7) is 10.5. The number of methoxy groups -OCH3 is 1. The summed E-state index contributed by atoms with van der Waals surface area (Å²) < 4.78 is 5.57. The average molecular weight is 295 g/mol. The molecule has 2 rings (SSSR count). The van der Waals surface area contributed by atoms with Gasteiger partial charge in [0.1, 0.15) is 5.60 Å². The van der Waals surface area contributed by atoms with Crippen LogP contribution < -0.4 is 10.2 Å². The predicted octanol–water partition coefficient (Wildman–Crippen LogP) is 1.90. The van der Waals surface area contributed by atoms with Crippen molar-refractivity contribution in [1.82, 2.24) is 20.5 Å². The first kappa shape index (κ1) is 16.2. The van der Waals surface area contributed by atoms with Crippen LogP contribution in [0.3, 0.4) is 0 Å². The van der Waals surface area contributed by atoms with E-state index in [1.54, 1.807) is 7.11 Å². The third-order valence-corrected chi connectivity index (χ3v) is 4.68. The Kier molecular flexibility index (Phi) is 5.58. The van der Waals surface area contributed by atoms with Gasteiger partial charge < -0.3 is 15.0 Å². The van der Waals surface area contributed by atoms with Crippen molar-refractivity contribution in [2.45, 2.75) is 45.6 Å². The molecule has 0 radical (unpaired) electrons. The van der Waals surface area contributed by atoms with Crippen molar-refractivity contribution in [1.29, 1.82) is 0 Å². The predicted molar refractivity (Wildman–Crippen MR) is 84.5 cm³/mol. The maximum absolute atomic E-state index is 5.57. The fraction of sp³-hybridized carbons (Fsp3) is 0.867. The van der Waals surface area contributed by atoms with Gasteiger partial charge in [0, 0.05) is 20.2 Å². The maximum atomic E-state index is 5.57. The first-order chi connectivity index (χ1) is 10.1. The largest absolute Gasteiger partial charge is 0.371 e. The molecule has 1 aromatic heterocycles. The molecule has 2 heterocycles. The first-order valence-corrected chi connectivity index (χ1v) is 8.06. The van der Waals surface area contributed by atoms with Crippen LogP contribution in [-0.4, -0.2) is 48.5 Å². The Morgan fingerprint density at radius 2 is 2.10 bits per heavy atom. The van der Waals surface area contributed by atoms with Crippen LogP contribution in [0.4, 0.5) is 5.95 Å². The lowest BCUT2D eigenvalue weighted by Crippen LogP contribution is -2.38. The van der Waals surface area contributed by atoms with Crippen LogP contribution in [0.1, 0.15) is 45.9 Å². The monoisotopic (exact) mass is 295 g/mol. The molecule has 1 saturated heterocycles. The number of aromatic amines is 1. The van der Waals surface area contributed by atoms with Gasteiger partial charge >= 0.3 is 0 Å². The van der Waals surface area contributed by atoms with E-state index in [2.05, 4.69) is 39.2 Å². The topological polar surface area (TPSA) is 66.1 Å². The summed E-state index contributed by atoms with van der Waals surface area (Å²) in [4.78, 5) is 6.93. The highest BCUT2D eigenvalue weighted by Crippen LogP contribution is 2.27. The minimum absolute atomic E-state index is 0.380. The average Bonchev–Trinajstić information content (AvgIpc) is 3.03. The number of rotatable bonds is 7. The third kappa shape index (κ3) is 3.74. The van der Waals surface area contributed by atoms with Gasteiger partial charge in [-0.3, -0.25) is 5.10 Å². The molecule has 0 aromatic carbocycles. The SMILES string of the molecule is CCNCC1CCN(c2n[nH]c(C(C)(CC)OC)n2)CC1. The van der Waals surface area contributed by atoms with E-state index in [0.717, 1.165) is 50.3 Å². The molecule has 1 aromatic rings. The summed E-state index contributed by atoms with van der Waals surface area (Å²) in [5, 5.41) is 10.9. The smallest absolute Gasteiger partial charge is 0.244 e. The van der Waals surface area contributed by atoms with E-state index in [-0.39, 0.29) is 5.60 Å². The highest BCUT2D eigenvalue weighted by atomic mass is 16.5. The highest BCUT2D eigenvalue weighted by molar-refractivity contribution is 5.30. The highest BCUT2D eigenvalue weighted by Gasteiger charge is 2.29. The van der Waals surface area contributed by atoms with Gasteiger partial charge in [0.2, 0.25) is 5.95 Å². The van der Waals surface area contributed by atoms with Gasteiger partial charge in [0.05, 0.1) is 0 Å². The Hall–Kier alpha value is -1.14. The van der Waals surface area contributed by atoms with Crippen molar-refractivity contribution in [3.63, 3.8) is 0 Å². The zero-order valence-electron chi connectivity index (χ0n) is 13.8. The van der Waals surface area contributed by atoms with Crippen molar-refractivity contribution in [2.24, 2.45) is 5.92 Å². The molecule has 1 aliphatic rings. The molecular weight excluding hydrogens is 266 g/mol. The number of aromatic nitrogens is 3. The van der Waals surface area contributed by atoms with Gasteiger partial charge in [-0.1, -0.05) is 13.8 Å². The molecule has 0 amide bonds. The molecule has 2 N–H and O–H groups in total. The standard InChI is InChI=1S/C15H29N5O/c1-5-15(3,21-4)13-17-14(19-18-13)20-9-7-12(8-10-20)11-16-6-2/h12,16H,5-11H2,1-4H3,(H,17,18,19). The maximum Gasteiger partial charge on any atom is 0.244 e. The van der Waals surface area contributed by atoms with E-state index in [1.165, 1.54) is 12.8 Å². The van der Waals surface area contributed by atoms with E-state index < -0.39 is 0 Å². The van der Waals surface area contributed by atoms with Crippen LogP contribution in [-0.2, 0) is 10.3 Å². The van der Waals surface area contributed by atoms with Crippen molar-refractivity contribution in [2.75, 3.05) is 38.2 Å². The fourth-order valence-corrected chi connectivity index (χ4v) is 2.72. The molecule has 0 bridgehead atoms. The van der Waals surface area contributed by atoms with Crippen molar-refractivity contribution in [3.05, 3.63) is 5.82 Å². The molecule has 1 aliphatic heterocycles. The zero-order valence-corrected chi connectivity index (χ0v) is 13.8. The first-order valence-electron chi connectivity index (χ1n) is 8.06. The minimum atomic E-state index is -0.380. The number of ether oxygens (including phenoxy) is 1. The molecule has 6 heteroatoms. The quantitative estimate of drug-likeness (QED) is 0.804. The molecular formula is C15H29N5O. The Morgan fingerprint density at radius 1 is 1.38 bits per heavy atom. The van der Waals surface area contributed by atoms with Crippen LogP contribution in [0.5, 0.6) is 0 Å². The Balaban J connectivity index is 1.94. The van der Waals surface area contributed by atoms with Gasteiger partial charge in [-0.2, -0.15) is 4.98 Å². The molecule has 21 heavy (non-hydrogen) atoms.